The van der Waals surface area contributed by atoms with Crippen LogP contribution in [-0.4, -0.2) is 17.4 Å². The number of rotatable bonds is 9. The minimum atomic E-state index is -0.591. The highest BCUT2D eigenvalue weighted by atomic mass is 35.5. The van der Waals surface area contributed by atoms with Gasteiger partial charge in [-0.25, -0.2) is 9.37 Å². The number of aromatic nitrogens is 1. The van der Waals surface area contributed by atoms with Gasteiger partial charge < -0.3 is 14.3 Å². The molecule has 1 aromatic carbocycles. The summed E-state index contributed by atoms with van der Waals surface area (Å²) in [7, 11) is 0. The van der Waals surface area contributed by atoms with Gasteiger partial charge in [-0.15, -0.1) is 0 Å². The van der Waals surface area contributed by atoms with E-state index in [1.807, 2.05) is 13.0 Å². The Labute approximate surface area is 169 Å². The molecule has 1 fully saturated rings. The molecule has 1 saturated carbocycles. The largest absolute Gasteiger partial charge is 0.493 e. The smallest absolute Gasteiger partial charge is 0.255 e. The van der Waals surface area contributed by atoms with Crippen LogP contribution in [0.5, 0.6) is 17.4 Å². The lowest BCUT2D eigenvalue weighted by atomic mass is 10.0. The number of Topliss-reactive ketones (excluding diaryl/α,β-unsaturated/α-hetero) is 1. The van der Waals surface area contributed by atoms with E-state index in [-0.39, 0.29) is 17.6 Å². The maximum atomic E-state index is 14.4. The summed E-state index contributed by atoms with van der Waals surface area (Å²) in [5.74, 6) is 1.07. The molecule has 1 aromatic heterocycles. The van der Waals surface area contributed by atoms with E-state index in [1.54, 1.807) is 31.2 Å². The molecule has 1 atom stereocenters. The number of nitrogens with zero attached hydrogens (tertiary/aromatic N) is 1. The highest BCUT2D eigenvalue weighted by molar-refractivity contribution is 6.32. The van der Waals surface area contributed by atoms with Gasteiger partial charge >= 0.3 is 0 Å². The van der Waals surface area contributed by atoms with Crippen molar-refractivity contribution in [3.8, 4) is 17.4 Å². The van der Waals surface area contributed by atoms with E-state index in [2.05, 4.69) is 4.98 Å². The molecule has 1 aliphatic rings. The second-order valence-corrected chi connectivity index (χ2v) is 7.65. The third-order valence-electron chi connectivity index (χ3n) is 4.35. The Bertz CT molecular complexity index is 880. The number of hydrogen-bond acceptors (Lipinski definition) is 4. The van der Waals surface area contributed by atoms with Crippen molar-refractivity contribution in [2.24, 2.45) is 11.8 Å². The maximum absolute atomic E-state index is 14.4. The van der Waals surface area contributed by atoms with Gasteiger partial charge in [-0.1, -0.05) is 30.7 Å². The lowest BCUT2D eigenvalue weighted by Gasteiger charge is -2.10. The zero-order chi connectivity index (χ0) is 20.1. The number of hydrogen-bond donors (Lipinski definition) is 0. The van der Waals surface area contributed by atoms with Gasteiger partial charge in [0.25, 0.3) is 5.88 Å². The topological polar surface area (TPSA) is 48.4 Å². The number of halogens is 2. The van der Waals surface area contributed by atoms with Crippen LogP contribution in [0, 0.1) is 17.7 Å². The van der Waals surface area contributed by atoms with Crippen molar-refractivity contribution in [2.75, 3.05) is 6.61 Å². The van der Waals surface area contributed by atoms with Crippen LogP contribution >= 0.6 is 11.6 Å². The first-order valence-electron chi connectivity index (χ1n) is 9.34. The van der Waals surface area contributed by atoms with Crippen molar-refractivity contribution in [1.29, 1.82) is 0 Å². The van der Waals surface area contributed by atoms with E-state index < -0.39 is 5.82 Å². The first-order valence-corrected chi connectivity index (χ1v) is 9.72. The van der Waals surface area contributed by atoms with Crippen molar-refractivity contribution in [3.05, 3.63) is 52.9 Å². The molecular weight excluding hydrogens is 381 g/mol. The number of carbonyl (C=O) groups excluding carboxylic acids is 1. The number of allylic oxidation sites excluding steroid dienone is 1. The minimum absolute atomic E-state index is 0.0796. The number of carbonyl (C=O) groups is 1. The van der Waals surface area contributed by atoms with Crippen LogP contribution < -0.4 is 9.47 Å². The van der Waals surface area contributed by atoms with Crippen molar-refractivity contribution < 1.29 is 18.7 Å². The van der Waals surface area contributed by atoms with E-state index in [1.165, 1.54) is 25.1 Å². The molecule has 0 bridgehead atoms. The molecule has 2 aromatic rings. The molecule has 0 saturated heterocycles. The van der Waals surface area contributed by atoms with Crippen molar-refractivity contribution in [3.63, 3.8) is 0 Å². The van der Waals surface area contributed by atoms with Crippen LogP contribution in [-0.2, 0) is 4.79 Å². The number of ketones is 1. The zero-order valence-electron chi connectivity index (χ0n) is 16.0. The molecular formula is C22H23ClFNO3. The molecule has 1 aliphatic carbocycles. The van der Waals surface area contributed by atoms with Crippen LogP contribution in [0.15, 0.2) is 36.5 Å². The van der Waals surface area contributed by atoms with Gasteiger partial charge in [0.1, 0.15) is 17.3 Å². The number of ether oxygens (including phenoxy) is 2. The van der Waals surface area contributed by atoms with E-state index in [0.29, 0.717) is 41.0 Å². The summed E-state index contributed by atoms with van der Waals surface area (Å²) in [6, 6.07) is 6.38. The van der Waals surface area contributed by atoms with Gasteiger partial charge in [0.2, 0.25) is 0 Å². The molecule has 0 spiro atoms. The van der Waals surface area contributed by atoms with Crippen LogP contribution in [0.25, 0.3) is 6.08 Å². The van der Waals surface area contributed by atoms with E-state index in [4.69, 9.17) is 21.1 Å². The predicted octanol–water partition coefficient (Wildman–Crippen LogP) is 6.08. The van der Waals surface area contributed by atoms with Crippen LogP contribution in [0.3, 0.4) is 0 Å². The summed E-state index contributed by atoms with van der Waals surface area (Å²) in [6.45, 7) is 4.17. The van der Waals surface area contributed by atoms with Gasteiger partial charge in [-0.05, 0) is 55.4 Å². The Hall–Kier alpha value is -2.40. The fraction of sp³-hybridized carbons (Fsp3) is 0.364. The quantitative estimate of drug-likeness (QED) is 0.508. The van der Waals surface area contributed by atoms with Gasteiger partial charge in [0.15, 0.2) is 5.82 Å². The molecule has 0 amide bonds. The third kappa shape index (κ3) is 6.06. The molecule has 28 heavy (non-hydrogen) atoms. The lowest BCUT2D eigenvalue weighted by molar-refractivity contribution is -0.117. The first-order chi connectivity index (χ1) is 13.4. The molecule has 0 unspecified atom stereocenters. The molecule has 0 radical (unpaired) electrons. The van der Waals surface area contributed by atoms with Crippen LogP contribution in [0.4, 0.5) is 4.39 Å². The third-order valence-corrected chi connectivity index (χ3v) is 4.64. The zero-order valence-corrected chi connectivity index (χ0v) is 16.7. The molecule has 6 heteroatoms. The number of benzene rings is 1. The molecule has 0 N–H and O–H groups in total. The average molecular weight is 404 g/mol. The molecule has 0 aliphatic heterocycles. The second kappa shape index (κ2) is 9.20. The van der Waals surface area contributed by atoms with E-state index >= 15 is 0 Å². The fourth-order valence-electron chi connectivity index (χ4n) is 2.66. The van der Waals surface area contributed by atoms with E-state index in [0.717, 1.165) is 0 Å². The van der Waals surface area contributed by atoms with Gasteiger partial charge in [-0.3, -0.25) is 0 Å². The normalized spacial score (nSPS) is 14.9. The van der Waals surface area contributed by atoms with Gasteiger partial charge in [0, 0.05) is 18.7 Å². The fourth-order valence-corrected chi connectivity index (χ4v) is 2.87. The Morgan fingerprint density at radius 3 is 2.82 bits per heavy atom. The molecule has 4 nitrogen and oxygen atoms in total. The van der Waals surface area contributed by atoms with Crippen LogP contribution in [0.1, 0.15) is 38.7 Å². The second-order valence-electron chi connectivity index (χ2n) is 7.25. The molecule has 148 valence electrons. The number of pyridine rings is 1. The maximum Gasteiger partial charge on any atom is 0.255 e. The summed E-state index contributed by atoms with van der Waals surface area (Å²) in [5, 5.41) is 0.330. The van der Waals surface area contributed by atoms with Crippen LogP contribution in [0.2, 0.25) is 5.02 Å². The Balaban J connectivity index is 1.63. The minimum Gasteiger partial charge on any atom is -0.493 e. The molecule has 3 rings (SSSR count). The summed E-state index contributed by atoms with van der Waals surface area (Å²) in [4.78, 5) is 15.2. The Kier molecular flexibility index (Phi) is 6.68. The van der Waals surface area contributed by atoms with E-state index in [9.17, 15) is 9.18 Å². The summed E-state index contributed by atoms with van der Waals surface area (Å²) in [5.41, 5.74) is 0.593. The van der Waals surface area contributed by atoms with Crippen molar-refractivity contribution in [2.45, 2.75) is 33.1 Å². The SMILES string of the molecule is CC(=O)C[C@@H](C)/C=C/c1cnc(Oc2ccc(OCC3CC3)cc2Cl)c(F)c1. The highest BCUT2D eigenvalue weighted by Crippen LogP contribution is 2.34. The monoisotopic (exact) mass is 403 g/mol. The van der Waals surface area contributed by atoms with Crippen molar-refractivity contribution in [1.82, 2.24) is 4.98 Å². The standard InChI is InChI=1S/C22H23ClFNO3/c1-14(9-15(2)26)3-4-17-10-20(24)22(25-12-17)28-21-8-7-18(11-19(21)23)27-13-16-5-6-16/h3-4,7-8,10-12,14,16H,5-6,9,13H2,1-2H3/b4-3+/t14-/m0/s1. The Morgan fingerprint density at radius 1 is 1.39 bits per heavy atom. The molecule has 1 heterocycles. The Morgan fingerprint density at radius 2 is 2.18 bits per heavy atom. The summed E-state index contributed by atoms with van der Waals surface area (Å²) >= 11 is 6.23. The van der Waals surface area contributed by atoms with Gasteiger partial charge in [-0.2, -0.15) is 0 Å². The van der Waals surface area contributed by atoms with Gasteiger partial charge in [0.05, 0.1) is 11.6 Å². The predicted molar refractivity (Wildman–Crippen MR) is 107 cm³/mol. The van der Waals surface area contributed by atoms with Crippen molar-refractivity contribution >= 4 is 23.5 Å². The average Bonchev–Trinajstić information content (AvgIpc) is 3.46. The lowest BCUT2D eigenvalue weighted by Crippen LogP contribution is -1.99. The summed E-state index contributed by atoms with van der Waals surface area (Å²) in [6.07, 6.45) is 7.98. The highest BCUT2D eigenvalue weighted by Gasteiger charge is 2.22. The first kappa shape index (κ1) is 20.3. The summed E-state index contributed by atoms with van der Waals surface area (Å²) < 4.78 is 25.5.